The molecule has 1 unspecified atom stereocenters. The first kappa shape index (κ1) is 17.1. The molecule has 0 saturated heterocycles. The molecule has 0 bridgehead atoms. The molecule has 1 aliphatic heterocycles. The molecule has 1 N–H and O–H groups in total. The number of rotatable bonds is 6. The van der Waals surface area contributed by atoms with Gasteiger partial charge in [0.2, 0.25) is 5.91 Å². The van der Waals surface area contributed by atoms with Gasteiger partial charge in [0.1, 0.15) is 5.01 Å². The highest BCUT2D eigenvalue weighted by Gasteiger charge is 2.27. The number of thiazole rings is 1. The topological polar surface area (TPSA) is 66.3 Å². The molecule has 7 nitrogen and oxygen atoms in total. The zero-order chi connectivity index (χ0) is 16.9. The smallest absolute Gasteiger partial charge is 0.226 e. The van der Waals surface area contributed by atoms with Crippen molar-refractivity contribution in [3.63, 3.8) is 0 Å². The van der Waals surface area contributed by atoms with Gasteiger partial charge in [-0.3, -0.25) is 14.4 Å². The molecule has 1 atom stereocenters. The molecule has 0 saturated carbocycles. The van der Waals surface area contributed by atoms with E-state index in [1.54, 1.807) is 11.3 Å². The number of likely N-dealkylation sites (N-methyl/N-ethyl adjacent to an activating group) is 1. The average molecular weight is 348 g/mol. The molecule has 24 heavy (non-hydrogen) atoms. The largest absolute Gasteiger partial charge is 0.354 e. The fourth-order valence-electron chi connectivity index (χ4n) is 2.89. The van der Waals surface area contributed by atoms with E-state index < -0.39 is 0 Å². The second-order valence-corrected chi connectivity index (χ2v) is 7.37. The lowest BCUT2D eigenvalue weighted by Gasteiger charge is -2.22. The van der Waals surface area contributed by atoms with Crippen molar-refractivity contribution < 1.29 is 4.79 Å². The predicted molar refractivity (Wildman–Crippen MR) is 93.5 cm³/mol. The molecule has 1 aliphatic rings. The van der Waals surface area contributed by atoms with E-state index in [1.807, 2.05) is 42.6 Å². The number of nitrogens with one attached hydrogen (secondary N) is 1. The number of aromatic nitrogens is 3. The number of nitrogens with zero attached hydrogens (tertiary/aromatic N) is 5. The highest BCUT2D eigenvalue weighted by Crippen LogP contribution is 2.19. The normalized spacial score (nSPS) is 18.4. The first-order chi connectivity index (χ1) is 11.6. The number of carbonyl (C=O) groups is 1. The van der Waals surface area contributed by atoms with E-state index >= 15 is 0 Å². The molecule has 8 heteroatoms. The van der Waals surface area contributed by atoms with Gasteiger partial charge in [-0.15, -0.1) is 11.3 Å². The molecule has 0 radical (unpaired) electrons. The lowest BCUT2D eigenvalue weighted by molar-refractivity contribution is -0.126. The average Bonchev–Trinajstić information content (AvgIpc) is 3.16. The molecule has 3 rings (SSSR count). The summed E-state index contributed by atoms with van der Waals surface area (Å²) in [4.78, 5) is 21.3. The van der Waals surface area contributed by atoms with E-state index in [9.17, 15) is 4.79 Å². The van der Waals surface area contributed by atoms with Crippen molar-refractivity contribution in [2.24, 2.45) is 5.92 Å². The minimum atomic E-state index is -0.103. The molecule has 1 amide bonds. The Kier molecular flexibility index (Phi) is 5.60. The first-order valence-corrected chi connectivity index (χ1v) is 9.03. The molecular formula is C16H24N6OS. The molecule has 0 aromatic carbocycles. The Labute approximate surface area is 146 Å². The standard InChI is InChI=1S/C16H24N6OS/c1-20(2)7-5-18-16(23)13-9-21(12-15-17-6-8-24-15)11-14-3-4-19-22(14)10-13/h3-4,6,8,13H,5,7,9-12H2,1-2H3,(H,18,23). The van der Waals surface area contributed by atoms with Crippen LogP contribution in [-0.4, -0.2) is 64.2 Å². The zero-order valence-corrected chi connectivity index (χ0v) is 15.0. The van der Waals surface area contributed by atoms with Crippen LogP contribution in [0.15, 0.2) is 23.8 Å². The van der Waals surface area contributed by atoms with Crippen LogP contribution in [0.4, 0.5) is 0 Å². The van der Waals surface area contributed by atoms with Crippen LogP contribution < -0.4 is 5.32 Å². The molecule has 3 heterocycles. The van der Waals surface area contributed by atoms with Crippen LogP contribution in [0.5, 0.6) is 0 Å². The van der Waals surface area contributed by atoms with Crippen molar-refractivity contribution in [1.82, 2.24) is 29.9 Å². The van der Waals surface area contributed by atoms with Crippen molar-refractivity contribution >= 4 is 17.2 Å². The quantitative estimate of drug-likeness (QED) is 0.830. The Hall–Kier alpha value is -1.77. The number of carbonyl (C=O) groups excluding carboxylic acids is 1. The van der Waals surface area contributed by atoms with Crippen LogP contribution in [0.25, 0.3) is 0 Å². The van der Waals surface area contributed by atoms with E-state index in [4.69, 9.17) is 0 Å². The fraction of sp³-hybridized carbons (Fsp3) is 0.562. The Balaban J connectivity index is 1.68. The summed E-state index contributed by atoms with van der Waals surface area (Å²) in [6.07, 6.45) is 3.64. The lowest BCUT2D eigenvalue weighted by Crippen LogP contribution is -2.41. The van der Waals surface area contributed by atoms with E-state index in [1.165, 1.54) is 0 Å². The van der Waals surface area contributed by atoms with Gasteiger partial charge in [0.15, 0.2) is 0 Å². The Morgan fingerprint density at radius 3 is 3.04 bits per heavy atom. The first-order valence-electron chi connectivity index (χ1n) is 8.15. The molecule has 0 fully saturated rings. The van der Waals surface area contributed by atoms with Crippen molar-refractivity contribution in [2.75, 3.05) is 33.7 Å². The number of hydrogen-bond donors (Lipinski definition) is 1. The van der Waals surface area contributed by atoms with Crippen LogP contribution in [0.3, 0.4) is 0 Å². The highest BCUT2D eigenvalue weighted by molar-refractivity contribution is 7.09. The lowest BCUT2D eigenvalue weighted by atomic mass is 10.1. The second kappa shape index (κ2) is 7.87. The summed E-state index contributed by atoms with van der Waals surface area (Å²) in [6.45, 7) is 4.42. The van der Waals surface area contributed by atoms with Gasteiger partial charge in [-0.25, -0.2) is 4.98 Å². The Bertz CT molecular complexity index is 653. The van der Waals surface area contributed by atoms with E-state index in [0.717, 1.165) is 36.9 Å². The van der Waals surface area contributed by atoms with Gasteiger partial charge in [0, 0.05) is 44.0 Å². The van der Waals surface area contributed by atoms with Crippen LogP contribution in [0, 0.1) is 5.92 Å². The maximum absolute atomic E-state index is 12.6. The summed E-state index contributed by atoms with van der Waals surface area (Å²) in [5.41, 5.74) is 1.15. The molecule has 0 aliphatic carbocycles. The maximum Gasteiger partial charge on any atom is 0.226 e. The third-order valence-electron chi connectivity index (χ3n) is 4.13. The van der Waals surface area contributed by atoms with Gasteiger partial charge < -0.3 is 10.2 Å². The monoisotopic (exact) mass is 348 g/mol. The van der Waals surface area contributed by atoms with Gasteiger partial charge in [-0.1, -0.05) is 0 Å². The number of hydrogen-bond acceptors (Lipinski definition) is 6. The summed E-state index contributed by atoms with van der Waals surface area (Å²) in [5.74, 6) is -0.00221. The SMILES string of the molecule is CN(C)CCNC(=O)C1CN(Cc2nccs2)Cc2ccnn2C1. The van der Waals surface area contributed by atoms with E-state index in [0.29, 0.717) is 13.1 Å². The zero-order valence-electron chi connectivity index (χ0n) is 14.2. The number of amides is 1. The molecule has 130 valence electrons. The molecule has 2 aromatic rings. The Morgan fingerprint density at radius 1 is 1.42 bits per heavy atom. The fourth-order valence-corrected chi connectivity index (χ4v) is 3.54. The van der Waals surface area contributed by atoms with Crippen molar-refractivity contribution in [2.45, 2.75) is 19.6 Å². The summed E-state index contributed by atoms with van der Waals surface area (Å²) < 4.78 is 1.96. The Morgan fingerprint density at radius 2 is 2.29 bits per heavy atom. The van der Waals surface area contributed by atoms with Crippen molar-refractivity contribution in [1.29, 1.82) is 0 Å². The third-order valence-corrected chi connectivity index (χ3v) is 4.90. The predicted octanol–water partition coefficient (Wildman–Crippen LogP) is 0.649. The summed E-state index contributed by atoms with van der Waals surface area (Å²) >= 11 is 1.65. The minimum absolute atomic E-state index is 0.101. The minimum Gasteiger partial charge on any atom is -0.354 e. The summed E-state index contributed by atoms with van der Waals surface area (Å²) in [7, 11) is 4.01. The molecule has 0 spiro atoms. The highest BCUT2D eigenvalue weighted by atomic mass is 32.1. The van der Waals surface area contributed by atoms with Gasteiger partial charge in [0.25, 0.3) is 0 Å². The van der Waals surface area contributed by atoms with Crippen LogP contribution in [-0.2, 0) is 24.4 Å². The summed E-state index contributed by atoms with van der Waals surface area (Å²) in [6, 6.07) is 2.03. The van der Waals surface area contributed by atoms with E-state index in [-0.39, 0.29) is 11.8 Å². The van der Waals surface area contributed by atoms with Crippen LogP contribution >= 0.6 is 11.3 Å². The summed E-state index contributed by atoms with van der Waals surface area (Å²) in [5, 5.41) is 10.5. The second-order valence-electron chi connectivity index (χ2n) is 6.39. The van der Waals surface area contributed by atoms with Crippen LogP contribution in [0.1, 0.15) is 10.7 Å². The van der Waals surface area contributed by atoms with Gasteiger partial charge in [-0.2, -0.15) is 5.10 Å². The number of fused-ring (bicyclic) bond motifs is 1. The van der Waals surface area contributed by atoms with Crippen molar-refractivity contribution in [3.05, 3.63) is 34.5 Å². The maximum atomic E-state index is 12.6. The van der Waals surface area contributed by atoms with Crippen LogP contribution in [0.2, 0.25) is 0 Å². The van der Waals surface area contributed by atoms with Gasteiger partial charge in [0.05, 0.1) is 24.7 Å². The van der Waals surface area contributed by atoms with Crippen molar-refractivity contribution in [3.8, 4) is 0 Å². The molecule has 2 aromatic heterocycles. The third kappa shape index (κ3) is 4.40. The van der Waals surface area contributed by atoms with E-state index in [2.05, 4.69) is 25.2 Å². The van der Waals surface area contributed by atoms with Gasteiger partial charge >= 0.3 is 0 Å². The van der Waals surface area contributed by atoms with Gasteiger partial charge in [-0.05, 0) is 20.2 Å². The molecular weight excluding hydrogens is 324 g/mol.